The zero-order chi connectivity index (χ0) is 17.8. The van der Waals surface area contributed by atoms with Gasteiger partial charge >= 0.3 is 0 Å². The first kappa shape index (κ1) is 22.5. The normalized spacial score (nSPS) is 13.6. The molecule has 0 bridgehead atoms. The molecule has 146 valence electrons. The molecule has 0 aromatic rings. The van der Waals surface area contributed by atoms with Crippen molar-refractivity contribution >= 4 is 0 Å². The summed E-state index contributed by atoms with van der Waals surface area (Å²) in [5, 5.41) is 0. The Kier molecular flexibility index (Phi) is 16.5. The lowest BCUT2D eigenvalue weighted by Crippen LogP contribution is -1.84. The van der Waals surface area contributed by atoms with Crippen molar-refractivity contribution in [3.63, 3.8) is 0 Å². The van der Waals surface area contributed by atoms with Gasteiger partial charge in [0.2, 0.25) is 0 Å². The Hall–Kier alpha value is -0.520. The van der Waals surface area contributed by atoms with Gasteiger partial charge in [0.25, 0.3) is 0 Å². The minimum absolute atomic E-state index is 1.17. The Labute approximate surface area is 159 Å². The fraction of sp³-hybridized carbons (Fsp3) is 0.840. The summed E-state index contributed by atoms with van der Waals surface area (Å²) < 4.78 is 0. The maximum absolute atomic E-state index is 2.38. The fourth-order valence-corrected chi connectivity index (χ4v) is 3.92. The van der Waals surface area contributed by atoms with Gasteiger partial charge in [-0.15, -0.1) is 0 Å². The lowest BCUT2D eigenvalue weighted by atomic mass is 10.0. The summed E-state index contributed by atoms with van der Waals surface area (Å²) in [7, 11) is 0. The highest BCUT2D eigenvalue weighted by Gasteiger charge is 1.98. The van der Waals surface area contributed by atoms with Crippen LogP contribution in [0.1, 0.15) is 135 Å². The Morgan fingerprint density at radius 2 is 0.960 bits per heavy atom. The van der Waals surface area contributed by atoms with Crippen LogP contribution in [0.5, 0.6) is 0 Å². The summed E-state index contributed by atoms with van der Waals surface area (Å²) >= 11 is 0. The maximum Gasteiger partial charge on any atom is -0.0160 e. The second kappa shape index (κ2) is 18.3. The third-order valence-electron chi connectivity index (χ3n) is 5.67. The third-order valence-corrected chi connectivity index (χ3v) is 5.67. The van der Waals surface area contributed by atoms with E-state index in [1.165, 1.54) is 128 Å². The molecule has 0 spiro atoms. The SMILES string of the molecule is CCCCCCCCCCCCCCCCCCCCC1=CCC=C1. The van der Waals surface area contributed by atoms with Crippen LogP contribution in [0.4, 0.5) is 0 Å². The van der Waals surface area contributed by atoms with Crippen LogP contribution in [0.2, 0.25) is 0 Å². The highest BCUT2D eigenvalue weighted by Crippen LogP contribution is 2.18. The van der Waals surface area contributed by atoms with Crippen LogP contribution in [0.15, 0.2) is 23.8 Å². The standard InChI is InChI=1S/C25H46/c1-2-3-4-5-6-7-8-9-10-11-12-13-14-15-16-17-18-19-22-25-23-20-21-24-25/h20,23-24H,2-19,21-22H2,1H3. The molecular weight excluding hydrogens is 300 g/mol. The number of hydrogen-bond donors (Lipinski definition) is 0. The number of hydrogen-bond acceptors (Lipinski definition) is 0. The Morgan fingerprint density at radius 3 is 1.32 bits per heavy atom. The zero-order valence-electron chi connectivity index (χ0n) is 17.4. The molecule has 1 aliphatic rings. The van der Waals surface area contributed by atoms with Crippen molar-refractivity contribution in [3.8, 4) is 0 Å². The minimum atomic E-state index is 1.17. The van der Waals surface area contributed by atoms with E-state index in [0.717, 1.165) is 0 Å². The molecule has 0 heterocycles. The number of rotatable bonds is 19. The Balaban J connectivity index is 1.65. The van der Waals surface area contributed by atoms with E-state index in [1.54, 1.807) is 5.57 Å². The van der Waals surface area contributed by atoms with Crippen molar-refractivity contribution in [3.05, 3.63) is 23.8 Å². The average Bonchev–Trinajstić information content (AvgIpc) is 3.14. The summed E-state index contributed by atoms with van der Waals surface area (Å²) in [5.41, 5.74) is 1.58. The lowest BCUT2D eigenvalue weighted by molar-refractivity contribution is 0.525. The summed E-state index contributed by atoms with van der Waals surface area (Å²) in [6.07, 6.45) is 35.8. The van der Waals surface area contributed by atoms with E-state index in [1.807, 2.05) is 0 Å². The van der Waals surface area contributed by atoms with E-state index in [-0.39, 0.29) is 0 Å². The predicted octanol–water partition coefficient (Wildman–Crippen LogP) is 9.30. The van der Waals surface area contributed by atoms with Crippen molar-refractivity contribution in [2.45, 2.75) is 135 Å². The molecule has 0 aromatic carbocycles. The summed E-state index contributed by atoms with van der Waals surface area (Å²) in [4.78, 5) is 0. The summed E-state index contributed by atoms with van der Waals surface area (Å²) in [6.45, 7) is 2.30. The quantitative estimate of drug-likeness (QED) is 0.204. The molecule has 0 fully saturated rings. The minimum Gasteiger partial charge on any atom is -0.0805 e. The molecule has 1 rings (SSSR count). The van der Waals surface area contributed by atoms with Gasteiger partial charge in [-0.25, -0.2) is 0 Å². The Morgan fingerprint density at radius 1 is 0.560 bits per heavy atom. The van der Waals surface area contributed by atoms with Gasteiger partial charge in [-0.05, 0) is 19.3 Å². The van der Waals surface area contributed by atoms with E-state index >= 15 is 0 Å². The van der Waals surface area contributed by atoms with Gasteiger partial charge in [-0.2, -0.15) is 0 Å². The van der Waals surface area contributed by atoms with Crippen molar-refractivity contribution in [1.82, 2.24) is 0 Å². The molecule has 0 aromatic heterocycles. The molecule has 0 radical (unpaired) electrons. The van der Waals surface area contributed by atoms with Gasteiger partial charge < -0.3 is 0 Å². The van der Waals surface area contributed by atoms with Crippen LogP contribution in [-0.4, -0.2) is 0 Å². The largest absolute Gasteiger partial charge is 0.0805 e. The molecule has 1 aliphatic carbocycles. The van der Waals surface area contributed by atoms with Crippen molar-refractivity contribution in [1.29, 1.82) is 0 Å². The second-order valence-corrected chi connectivity index (χ2v) is 8.18. The van der Waals surface area contributed by atoms with Gasteiger partial charge in [-0.3, -0.25) is 0 Å². The van der Waals surface area contributed by atoms with Crippen LogP contribution < -0.4 is 0 Å². The molecular formula is C25H46. The first-order valence-electron chi connectivity index (χ1n) is 11.8. The molecule has 25 heavy (non-hydrogen) atoms. The fourth-order valence-electron chi connectivity index (χ4n) is 3.92. The van der Waals surface area contributed by atoms with Crippen LogP contribution >= 0.6 is 0 Å². The van der Waals surface area contributed by atoms with Crippen LogP contribution in [0.3, 0.4) is 0 Å². The van der Waals surface area contributed by atoms with Crippen LogP contribution in [0.25, 0.3) is 0 Å². The lowest BCUT2D eigenvalue weighted by Gasteiger charge is -2.04. The molecule has 0 unspecified atom stereocenters. The van der Waals surface area contributed by atoms with E-state index in [9.17, 15) is 0 Å². The molecule has 0 heteroatoms. The van der Waals surface area contributed by atoms with E-state index in [0.29, 0.717) is 0 Å². The van der Waals surface area contributed by atoms with Crippen molar-refractivity contribution in [2.24, 2.45) is 0 Å². The smallest absolute Gasteiger partial charge is 0.0160 e. The monoisotopic (exact) mass is 346 g/mol. The van der Waals surface area contributed by atoms with Crippen molar-refractivity contribution < 1.29 is 0 Å². The zero-order valence-corrected chi connectivity index (χ0v) is 17.4. The van der Waals surface area contributed by atoms with Crippen LogP contribution in [-0.2, 0) is 0 Å². The number of allylic oxidation sites excluding steroid dienone is 4. The van der Waals surface area contributed by atoms with E-state index in [4.69, 9.17) is 0 Å². The topological polar surface area (TPSA) is 0 Å². The molecule has 0 atom stereocenters. The molecule has 0 nitrogen and oxygen atoms in total. The van der Waals surface area contributed by atoms with E-state index < -0.39 is 0 Å². The highest BCUT2D eigenvalue weighted by molar-refractivity contribution is 5.25. The van der Waals surface area contributed by atoms with Crippen molar-refractivity contribution in [2.75, 3.05) is 0 Å². The number of unbranched alkanes of at least 4 members (excludes halogenated alkanes) is 17. The highest BCUT2D eigenvalue weighted by atomic mass is 14.0. The predicted molar refractivity (Wildman–Crippen MR) is 115 cm³/mol. The molecule has 0 saturated heterocycles. The van der Waals surface area contributed by atoms with E-state index in [2.05, 4.69) is 25.2 Å². The first-order chi connectivity index (χ1) is 12.4. The van der Waals surface area contributed by atoms with Gasteiger partial charge in [0, 0.05) is 0 Å². The second-order valence-electron chi connectivity index (χ2n) is 8.18. The molecule has 0 saturated carbocycles. The Bertz CT molecular complexity index is 323. The molecule has 0 aliphatic heterocycles. The van der Waals surface area contributed by atoms with Gasteiger partial charge in [-0.1, -0.05) is 140 Å². The molecule has 0 N–H and O–H groups in total. The third kappa shape index (κ3) is 15.5. The summed E-state index contributed by atoms with van der Waals surface area (Å²) in [6, 6.07) is 0. The average molecular weight is 347 g/mol. The molecule has 0 amide bonds. The van der Waals surface area contributed by atoms with Gasteiger partial charge in [0.1, 0.15) is 0 Å². The van der Waals surface area contributed by atoms with Gasteiger partial charge in [0.15, 0.2) is 0 Å². The van der Waals surface area contributed by atoms with Gasteiger partial charge in [0.05, 0.1) is 0 Å². The maximum atomic E-state index is 2.38. The first-order valence-corrected chi connectivity index (χ1v) is 11.8. The van der Waals surface area contributed by atoms with Crippen LogP contribution in [0, 0.1) is 0 Å². The summed E-state index contributed by atoms with van der Waals surface area (Å²) in [5.74, 6) is 0.